The monoisotopic (exact) mass is 285 g/mol. The number of carbonyl (C=O) groups is 1. The third kappa shape index (κ3) is 4.57. The number of nitrogens with zero attached hydrogens (tertiary/aromatic N) is 1. The summed E-state index contributed by atoms with van der Waals surface area (Å²) in [6.45, 7) is 2.23. The van der Waals surface area contributed by atoms with E-state index in [-0.39, 0.29) is 18.5 Å². The molecule has 1 atom stereocenters. The van der Waals surface area contributed by atoms with Crippen LogP contribution in [0.25, 0.3) is 0 Å². The Hall–Kier alpha value is -2.40. The molecule has 110 valence electrons. The number of hydrogen-bond acceptors (Lipinski definition) is 4. The Morgan fingerprint density at radius 1 is 1.33 bits per heavy atom. The van der Waals surface area contributed by atoms with Crippen molar-refractivity contribution >= 4 is 11.6 Å². The van der Waals surface area contributed by atoms with Crippen LogP contribution < -0.4 is 15.4 Å². The molecule has 0 fully saturated rings. The largest absolute Gasteiger partial charge is 0.497 e. The molecule has 0 saturated carbocycles. The van der Waals surface area contributed by atoms with Crippen molar-refractivity contribution in [2.45, 2.75) is 13.0 Å². The summed E-state index contributed by atoms with van der Waals surface area (Å²) in [5.41, 5.74) is 1.77. The molecule has 1 aromatic heterocycles. The van der Waals surface area contributed by atoms with Gasteiger partial charge < -0.3 is 15.4 Å². The highest BCUT2D eigenvalue weighted by Gasteiger charge is 2.08. The fourth-order valence-electron chi connectivity index (χ4n) is 1.90. The topological polar surface area (TPSA) is 63.2 Å². The Bertz CT molecular complexity index is 587. The van der Waals surface area contributed by atoms with Crippen LogP contribution >= 0.6 is 0 Å². The smallest absolute Gasteiger partial charge is 0.238 e. The number of anilines is 1. The Balaban J connectivity index is 1.84. The summed E-state index contributed by atoms with van der Waals surface area (Å²) in [5, 5.41) is 5.99. The molecule has 0 unspecified atom stereocenters. The summed E-state index contributed by atoms with van der Waals surface area (Å²) in [6, 6.07) is 11.2. The number of benzene rings is 1. The Morgan fingerprint density at radius 3 is 2.90 bits per heavy atom. The third-order valence-corrected chi connectivity index (χ3v) is 3.11. The van der Waals surface area contributed by atoms with Gasteiger partial charge in [-0.1, -0.05) is 12.1 Å². The maximum Gasteiger partial charge on any atom is 0.238 e. The van der Waals surface area contributed by atoms with Crippen molar-refractivity contribution in [3.8, 4) is 5.75 Å². The predicted octanol–water partition coefficient (Wildman–Crippen LogP) is 2.38. The third-order valence-electron chi connectivity index (χ3n) is 3.11. The number of carbonyl (C=O) groups excluding carboxylic acids is 1. The zero-order valence-electron chi connectivity index (χ0n) is 12.2. The summed E-state index contributed by atoms with van der Waals surface area (Å²) in [6.07, 6.45) is 3.52. The lowest BCUT2D eigenvalue weighted by Crippen LogP contribution is -2.30. The Kier molecular flexibility index (Phi) is 5.29. The molecule has 2 aromatic rings. The van der Waals surface area contributed by atoms with Gasteiger partial charge in [-0.25, -0.2) is 0 Å². The lowest BCUT2D eigenvalue weighted by molar-refractivity contribution is -0.115. The van der Waals surface area contributed by atoms with Gasteiger partial charge in [-0.2, -0.15) is 0 Å². The van der Waals surface area contributed by atoms with E-state index >= 15 is 0 Å². The minimum Gasteiger partial charge on any atom is -0.497 e. The Morgan fingerprint density at radius 2 is 2.19 bits per heavy atom. The first-order valence-corrected chi connectivity index (χ1v) is 6.76. The molecular formula is C16H19N3O2. The van der Waals surface area contributed by atoms with Crippen LogP contribution in [0.4, 0.5) is 5.69 Å². The molecule has 0 aliphatic carbocycles. The normalized spacial score (nSPS) is 11.7. The molecule has 0 aliphatic rings. The molecule has 2 rings (SSSR count). The number of amides is 1. The van der Waals surface area contributed by atoms with E-state index in [0.717, 1.165) is 11.3 Å². The van der Waals surface area contributed by atoms with Crippen molar-refractivity contribution in [1.29, 1.82) is 0 Å². The van der Waals surface area contributed by atoms with E-state index in [2.05, 4.69) is 15.6 Å². The van der Waals surface area contributed by atoms with Crippen molar-refractivity contribution < 1.29 is 9.53 Å². The standard InChI is InChI=1S/C16H19N3O2/c1-12(13-5-4-8-17-10-13)18-11-16(20)19-14-6-3-7-15(9-14)21-2/h3-10,12,18H,11H2,1-2H3,(H,19,20)/t12-/m1/s1. The lowest BCUT2D eigenvalue weighted by atomic mass is 10.1. The average molecular weight is 285 g/mol. The quantitative estimate of drug-likeness (QED) is 0.855. The maximum absolute atomic E-state index is 11.9. The van der Waals surface area contributed by atoms with Crippen LogP contribution in [0.1, 0.15) is 18.5 Å². The second kappa shape index (κ2) is 7.40. The van der Waals surface area contributed by atoms with Crippen LogP contribution in [0.5, 0.6) is 5.75 Å². The molecule has 0 aliphatic heterocycles. The lowest BCUT2D eigenvalue weighted by Gasteiger charge is -2.13. The number of nitrogens with one attached hydrogen (secondary N) is 2. The van der Waals surface area contributed by atoms with Gasteiger partial charge in [0.25, 0.3) is 0 Å². The number of rotatable bonds is 6. The van der Waals surface area contributed by atoms with Gasteiger partial charge >= 0.3 is 0 Å². The number of hydrogen-bond donors (Lipinski definition) is 2. The van der Waals surface area contributed by atoms with Crippen molar-refractivity contribution in [1.82, 2.24) is 10.3 Å². The molecule has 0 radical (unpaired) electrons. The Labute approximate surface area is 124 Å². The van der Waals surface area contributed by atoms with E-state index in [1.165, 1.54) is 0 Å². The van der Waals surface area contributed by atoms with Crippen molar-refractivity contribution in [2.24, 2.45) is 0 Å². The molecule has 5 heteroatoms. The van der Waals surface area contributed by atoms with Gasteiger partial charge in [0.05, 0.1) is 13.7 Å². The van der Waals surface area contributed by atoms with Gasteiger partial charge in [0.2, 0.25) is 5.91 Å². The maximum atomic E-state index is 11.9. The molecular weight excluding hydrogens is 266 g/mol. The van der Waals surface area contributed by atoms with Crippen LogP contribution in [-0.2, 0) is 4.79 Å². The highest BCUT2D eigenvalue weighted by molar-refractivity contribution is 5.92. The van der Waals surface area contributed by atoms with Crippen LogP contribution in [0.3, 0.4) is 0 Å². The molecule has 0 saturated heterocycles. The first kappa shape index (κ1) is 15.0. The van der Waals surface area contributed by atoms with Crippen molar-refractivity contribution in [3.05, 3.63) is 54.4 Å². The van der Waals surface area contributed by atoms with Crippen LogP contribution in [0, 0.1) is 0 Å². The summed E-state index contributed by atoms with van der Waals surface area (Å²) < 4.78 is 5.12. The first-order valence-electron chi connectivity index (χ1n) is 6.76. The van der Waals surface area contributed by atoms with Crippen LogP contribution in [0.15, 0.2) is 48.8 Å². The molecule has 1 heterocycles. The minimum absolute atomic E-state index is 0.0646. The zero-order valence-corrected chi connectivity index (χ0v) is 12.2. The molecule has 21 heavy (non-hydrogen) atoms. The van der Waals surface area contributed by atoms with E-state index in [1.54, 1.807) is 25.6 Å². The van der Waals surface area contributed by atoms with Crippen LogP contribution in [-0.4, -0.2) is 24.5 Å². The van der Waals surface area contributed by atoms with E-state index in [0.29, 0.717) is 5.75 Å². The fraction of sp³-hybridized carbons (Fsp3) is 0.250. The molecule has 0 bridgehead atoms. The number of aromatic nitrogens is 1. The molecule has 2 N–H and O–H groups in total. The highest BCUT2D eigenvalue weighted by Crippen LogP contribution is 2.16. The van der Waals surface area contributed by atoms with Gasteiger partial charge in [-0.05, 0) is 30.7 Å². The number of ether oxygens (including phenoxy) is 1. The average Bonchev–Trinajstić information content (AvgIpc) is 2.53. The molecule has 5 nitrogen and oxygen atoms in total. The highest BCUT2D eigenvalue weighted by atomic mass is 16.5. The van der Waals surface area contributed by atoms with Gasteiger partial charge in [0, 0.05) is 30.2 Å². The summed E-state index contributed by atoms with van der Waals surface area (Å²) in [7, 11) is 1.60. The van der Waals surface area contributed by atoms with Gasteiger partial charge in [0.1, 0.15) is 5.75 Å². The van der Waals surface area contributed by atoms with E-state index in [1.807, 2.05) is 37.3 Å². The van der Waals surface area contributed by atoms with E-state index in [9.17, 15) is 4.79 Å². The van der Waals surface area contributed by atoms with Crippen LogP contribution in [0.2, 0.25) is 0 Å². The molecule has 1 amide bonds. The van der Waals surface area contributed by atoms with Crippen molar-refractivity contribution in [3.63, 3.8) is 0 Å². The number of methoxy groups -OCH3 is 1. The van der Waals surface area contributed by atoms with Crippen molar-refractivity contribution in [2.75, 3.05) is 19.0 Å². The summed E-state index contributed by atoms with van der Waals surface area (Å²) in [4.78, 5) is 16.0. The van der Waals surface area contributed by atoms with Gasteiger partial charge in [0.15, 0.2) is 0 Å². The summed E-state index contributed by atoms with van der Waals surface area (Å²) in [5.74, 6) is 0.614. The van der Waals surface area contributed by atoms with E-state index < -0.39 is 0 Å². The first-order chi connectivity index (χ1) is 10.2. The summed E-state index contributed by atoms with van der Waals surface area (Å²) >= 11 is 0. The predicted molar refractivity (Wildman–Crippen MR) is 82.3 cm³/mol. The molecule has 1 aromatic carbocycles. The SMILES string of the molecule is COc1cccc(NC(=O)CN[C@H](C)c2cccnc2)c1. The second-order valence-corrected chi connectivity index (χ2v) is 4.67. The minimum atomic E-state index is -0.0982. The zero-order chi connectivity index (χ0) is 15.1. The molecule has 0 spiro atoms. The fourth-order valence-corrected chi connectivity index (χ4v) is 1.90. The van der Waals surface area contributed by atoms with Gasteiger partial charge in [-0.3, -0.25) is 9.78 Å². The number of pyridine rings is 1. The second-order valence-electron chi connectivity index (χ2n) is 4.67. The van der Waals surface area contributed by atoms with Gasteiger partial charge in [-0.15, -0.1) is 0 Å². The van der Waals surface area contributed by atoms with E-state index in [4.69, 9.17) is 4.74 Å².